The van der Waals surface area contributed by atoms with Crippen molar-refractivity contribution in [3.63, 3.8) is 0 Å². The molecule has 3 aliphatic rings. The van der Waals surface area contributed by atoms with Gasteiger partial charge in [-0.15, -0.1) is 0 Å². The molecule has 2 saturated carbocycles. The molecule has 0 amide bonds. The van der Waals surface area contributed by atoms with E-state index in [4.69, 9.17) is 0 Å². The van der Waals surface area contributed by atoms with Gasteiger partial charge in [-0.25, -0.2) is 0 Å². The molecule has 3 heteroatoms. The van der Waals surface area contributed by atoms with E-state index in [1.807, 2.05) is 0 Å². The Bertz CT molecular complexity index is 288. The first-order valence-electron chi connectivity index (χ1n) is 8.41. The van der Waals surface area contributed by atoms with Crippen LogP contribution in [0.3, 0.4) is 0 Å². The van der Waals surface area contributed by atoms with Crippen molar-refractivity contribution in [3.05, 3.63) is 0 Å². The molecule has 0 spiro atoms. The van der Waals surface area contributed by atoms with Crippen LogP contribution < -0.4 is 5.32 Å². The number of likely N-dealkylation sites (tertiary alicyclic amines) is 1. The predicted octanol–water partition coefficient (Wildman–Crippen LogP) is 2.00. The Kier molecular flexibility index (Phi) is 4.45. The molecule has 0 aromatic rings. The number of nitrogens with one attached hydrogen (secondary N) is 1. The molecule has 1 saturated heterocycles. The SMILES string of the molecule is CCC(O)C1CC(NC2CC2)CN(CC2CCC2)C1. The Labute approximate surface area is 117 Å². The average molecular weight is 266 g/mol. The summed E-state index contributed by atoms with van der Waals surface area (Å²) < 4.78 is 0. The minimum absolute atomic E-state index is 0.104. The normalized spacial score (nSPS) is 35.1. The zero-order valence-electron chi connectivity index (χ0n) is 12.4. The van der Waals surface area contributed by atoms with Crippen molar-refractivity contribution in [1.29, 1.82) is 0 Å². The van der Waals surface area contributed by atoms with Gasteiger partial charge in [0, 0.05) is 31.7 Å². The van der Waals surface area contributed by atoms with Crippen LogP contribution in [0.25, 0.3) is 0 Å². The molecule has 0 aromatic carbocycles. The van der Waals surface area contributed by atoms with Crippen LogP contribution in [0, 0.1) is 11.8 Å². The predicted molar refractivity (Wildman–Crippen MR) is 78.1 cm³/mol. The highest BCUT2D eigenvalue weighted by Gasteiger charge is 2.35. The first-order chi connectivity index (χ1) is 9.24. The lowest BCUT2D eigenvalue weighted by Crippen LogP contribution is -2.53. The van der Waals surface area contributed by atoms with E-state index in [1.54, 1.807) is 0 Å². The molecule has 19 heavy (non-hydrogen) atoms. The topological polar surface area (TPSA) is 35.5 Å². The molecular formula is C16H30N2O. The molecule has 3 unspecified atom stereocenters. The van der Waals surface area contributed by atoms with Crippen molar-refractivity contribution in [2.24, 2.45) is 11.8 Å². The van der Waals surface area contributed by atoms with Gasteiger partial charge in [0.25, 0.3) is 0 Å². The van der Waals surface area contributed by atoms with E-state index in [0.717, 1.165) is 24.9 Å². The molecule has 2 aliphatic carbocycles. The third-order valence-corrected chi connectivity index (χ3v) is 5.31. The van der Waals surface area contributed by atoms with Crippen LogP contribution in [0.4, 0.5) is 0 Å². The van der Waals surface area contributed by atoms with E-state index >= 15 is 0 Å². The van der Waals surface area contributed by atoms with Crippen LogP contribution in [-0.4, -0.2) is 47.8 Å². The molecule has 0 bridgehead atoms. The second kappa shape index (κ2) is 6.11. The molecule has 3 atom stereocenters. The number of aliphatic hydroxyl groups excluding tert-OH is 1. The molecular weight excluding hydrogens is 236 g/mol. The summed E-state index contributed by atoms with van der Waals surface area (Å²) >= 11 is 0. The molecule has 0 radical (unpaired) electrons. The highest BCUT2D eigenvalue weighted by atomic mass is 16.3. The monoisotopic (exact) mass is 266 g/mol. The van der Waals surface area contributed by atoms with E-state index in [2.05, 4.69) is 17.1 Å². The zero-order valence-corrected chi connectivity index (χ0v) is 12.4. The maximum absolute atomic E-state index is 10.2. The van der Waals surface area contributed by atoms with Crippen LogP contribution in [0.1, 0.15) is 51.9 Å². The van der Waals surface area contributed by atoms with Crippen LogP contribution in [0.5, 0.6) is 0 Å². The minimum Gasteiger partial charge on any atom is -0.393 e. The molecule has 3 fully saturated rings. The number of hydrogen-bond acceptors (Lipinski definition) is 3. The summed E-state index contributed by atoms with van der Waals surface area (Å²) in [7, 11) is 0. The third-order valence-electron chi connectivity index (χ3n) is 5.31. The molecule has 110 valence electrons. The summed E-state index contributed by atoms with van der Waals surface area (Å²) in [5.74, 6) is 1.43. The highest BCUT2D eigenvalue weighted by molar-refractivity contribution is 4.92. The first-order valence-corrected chi connectivity index (χ1v) is 8.41. The van der Waals surface area contributed by atoms with E-state index in [9.17, 15) is 5.11 Å². The van der Waals surface area contributed by atoms with Crippen LogP contribution >= 0.6 is 0 Å². The van der Waals surface area contributed by atoms with Gasteiger partial charge in [-0.1, -0.05) is 13.3 Å². The Hall–Kier alpha value is -0.120. The van der Waals surface area contributed by atoms with Crippen LogP contribution in [0.2, 0.25) is 0 Å². The summed E-state index contributed by atoms with van der Waals surface area (Å²) in [6, 6.07) is 1.40. The maximum atomic E-state index is 10.2. The summed E-state index contributed by atoms with van der Waals surface area (Å²) in [6.45, 7) is 5.71. The number of aliphatic hydroxyl groups is 1. The van der Waals surface area contributed by atoms with E-state index in [1.165, 1.54) is 51.6 Å². The lowest BCUT2D eigenvalue weighted by atomic mass is 9.83. The van der Waals surface area contributed by atoms with Crippen LogP contribution in [-0.2, 0) is 0 Å². The first kappa shape index (κ1) is 13.8. The molecule has 0 aromatic heterocycles. The van der Waals surface area contributed by atoms with E-state index in [0.29, 0.717) is 12.0 Å². The number of rotatable bonds is 6. The van der Waals surface area contributed by atoms with E-state index < -0.39 is 0 Å². The lowest BCUT2D eigenvalue weighted by molar-refractivity contribution is 0.0245. The van der Waals surface area contributed by atoms with Crippen LogP contribution in [0.15, 0.2) is 0 Å². The second-order valence-corrected chi connectivity index (χ2v) is 7.12. The standard InChI is InChI=1S/C16H30N2O/c1-2-16(19)13-8-15(17-14-6-7-14)11-18(10-13)9-12-4-3-5-12/h12-17,19H,2-11H2,1H3. The van der Waals surface area contributed by atoms with Crippen molar-refractivity contribution in [3.8, 4) is 0 Å². The molecule has 1 aliphatic heterocycles. The van der Waals surface area contributed by atoms with Gasteiger partial charge >= 0.3 is 0 Å². The van der Waals surface area contributed by atoms with Gasteiger partial charge < -0.3 is 15.3 Å². The lowest BCUT2D eigenvalue weighted by Gasteiger charge is -2.42. The van der Waals surface area contributed by atoms with E-state index in [-0.39, 0.29) is 6.10 Å². The fraction of sp³-hybridized carbons (Fsp3) is 1.00. The molecule has 3 nitrogen and oxygen atoms in total. The molecule has 3 rings (SSSR count). The van der Waals surface area contributed by atoms with Gasteiger partial charge in [0.2, 0.25) is 0 Å². The van der Waals surface area contributed by atoms with Crippen molar-refractivity contribution < 1.29 is 5.11 Å². The zero-order chi connectivity index (χ0) is 13.2. The van der Waals surface area contributed by atoms with Gasteiger partial charge in [0.05, 0.1) is 6.10 Å². The quantitative estimate of drug-likeness (QED) is 0.772. The Balaban J connectivity index is 1.55. The summed E-state index contributed by atoms with van der Waals surface area (Å²) in [5, 5.41) is 14.0. The fourth-order valence-electron chi connectivity index (χ4n) is 3.74. The van der Waals surface area contributed by atoms with Gasteiger partial charge in [-0.3, -0.25) is 0 Å². The Morgan fingerprint density at radius 2 is 1.95 bits per heavy atom. The molecule has 1 heterocycles. The van der Waals surface area contributed by atoms with Gasteiger partial charge in [0.15, 0.2) is 0 Å². The Morgan fingerprint density at radius 1 is 1.16 bits per heavy atom. The van der Waals surface area contributed by atoms with Crippen molar-refractivity contribution >= 4 is 0 Å². The second-order valence-electron chi connectivity index (χ2n) is 7.12. The van der Waals surface area contributed by atoms with Gasteiger partial charge in [-0.2, -0.15) is 0 Å². The molecule has 2 N–H and O–H groups in total. The highest BCUT2D eigenvalue weighted by Crippen LogP contribution is 2.30. The van der Waals surface area contributed by atoms with Crippen molar-refractivity contribution in [1.82, 2.24) is 10.2 Å². The minimum atomic E-state index is -0.104. The largest absolute Gasteiger partial charge is 0.393 e. The summed E-state index contributed by atoms with van der Waals surface area (Å²) in [6.07, 6.45) is 8.98. The Morgan fingerprint density at radius 3 is 2.53 bits per heavy atom. The fourth-order valence-corrected chi connectivity index (χ4v) is 3.74. The summed E-state index contributed by atoms with van der Waals surface area (Å²) in [4.78, 5) is 2.64. The third kappa shape index (κ3) is 3.71. The van der Waals surface area contributed by atoms with Crippen molar-refractivity contribution in [2.75, 3.05) is 19.6 Å². The smallest absolute Gasteiger partial charge is 0.0578 e. The number of nitrogens with zero attached hydrogens (tertiary/aromatic N) is 1. The van der Waals surface area contributed by atoms with Gasteiger partial charge in [0.1, 0.15) is 0 Å². The summed E-state index contributed by atoms with van der Waals surface area (Å²) in [5.41, 5.74) is 0. The van der Waals surface area contributed by atoms with Crippen molar-refractivity contribution in [2.45, 2.75) is 70.1 Å². The number of piperidine rings is 1. The van der Waals surface area contributed by atoms with Gasteiger partial charge in [-0.05, 0) is 50.4 Å². The number of hydrogen-bond donors (Lipinski definition) is 2. The maximum Gasteiger partial charge on any atom is 0.0578 e. The average Bonchev–Trinajstić information content (AvgIpc) is 3.16.